The topological polar surface area (TPSA) is 26.3 Å². The number of hydrogen-bond acceptors (Lipinski definition) is 2. The van der Waals surface area contributed by atoms with Crippen molar-refractivity contribution in [3.05, 3.63) is 29.8 Å². The van der Waals surface area contributed by atoms with E-state index < -0.39 is 0 Å². The molecule has 0 fully saturated rings. The number of hydrogen-bond donors (Lipinski definition) is 0. The summed E-state index contributed by atoms with van der Waals surface area (Å²) in [5.41, 5.74) is 0.542. The Hall–Kier alpha value is -1.40. The molecule has 0 N–H and O–H groups in total. The van der Waals surface area contributed by atoms with Gasteiger partial charge >= 0.3 is 6.29 Å². The fourth-order valence-electron chi connectivity index (χ4n) is 0.659. The maximum absolute atomic E-state index is 10.0. The third-order valence-corrected chi connectivity index (χ3v) is 1.21. The van der Waals surface area contributed by atoms with E-state index in [-0.39, 0.29) is 0 Å². The monoisotopic (exact) mass is 135 g/mol. The van der Waals surface area contributed by atoms with Crippen LogP contribution in [-0.4, -0.2) is 13.4 Å². The van der Waals surface area contributed by atoms with E-state index in [9.17, 15) is 4.79 Å². The molecule has 0 bridgehead atoms. The number of methoxy groups -OCH3 is 1. The molecule has 0 aliphatic heterocycles. The van der Waals surface area contributed by atoms with Crippen molar-refractivity contribution in [2.75, 3.05) is 7.11 Å². The first kappa shape index (κ1) is 6.72. The van der Waals surface area contributed by atoms with E-state index in [1.54, 1.807) is 37.7 Å². The minimum atomic E-state index is 0.542. The van der Waals surface area contributed by atoms with Crippen LogP contribution in [0, 0.1) is 0 Å². The fourth-order valence-corrected chi connectivity index (χ4v) is 0.659. The van der Waals surface area contributed by atoms with Crippen molar-refractivity contribution in [1.82, 2.24) is 0 Å². The molecule has 0 atom stereocenters. The zero-order valence-corrected chi connectivity index (χ0v) is 5.63. The molecular weight excluding hydrogens is 128 g/mol. The van der Waals surface area contributed by atoms with Crippen molar-refractivity contribution < 1.29 is 9.53 Å². The zero-order chi connectivity index (χ0) is 7.40. The molecule has 0 radical (unpaired) electrons. The standard InChI is InChI=1S/C8H7O2/c1-10-8-4-2-7(6-9)3-5-8/h2-5H,1H3/q+1. The van der Waals surface area contributed by atoms with Gasteiger partial charge in [-0.1, -0.05) is 0 Å². The third kappa shape index (κ3) is 1.30. The average Bonchev–Trinajstić information content (AvgIpc) is 2.05. The van der Waals surface area contributed by atoms with Gasteiger partial charge in [0, 0.05) is 12.1 Å². The van der Waals surface area contributed by atoms with Gasteiger partial charge in [-0.05, 0) is 0 Å². The second kappa shape index (κ2) is 2.95. The van der Waals surface area contributed by atoms with Crippen LogP contribution in [0.1, 0.15) is 5.56 Å². The van der Waals surface area contributed by atoms with Gasteiger partial charge in [-0.15, -0.1) is 4.79 Å². The third-order valence-electron chi connectivity index (χ3n) is 1.21. The molecule has 0 aliphatic carbocycles. The van der Waals surface area contributed by atoms with Crippen molar-refractivity contribution in [2.45, 2.75) is 0 Å². The minimum Gasteiger partial charge on any atom is -0.494 e. The summed E-state index contributed by atoms with van der Waals surface area (Å²) < 4.78 is 4.88. The summed E-state index contributed by atoms with van der Waals surface area (Å²) >= 11 is 0. The minimum absolute atomic E-state index is 0.542. The quantitative estimate of drug-likeness (QED) is 0.568. The first-order valence-electron chi connectivity index (χ1n) is 2.89. The lowest BCUT2D eigenvalue weighted by Crippen LogP contribution is -1.83. The van der Waals surface area contributed by atoms with Crippen LogP contribution < -0.4 is 4.74 Å². The number of carbonyl (C=O) groups excluding carboxylic acids is 1. The van der Waals surface area contributed by atoms with Gasteiger partial charge in [0.1, 0.15) is 5.75 Å². The second-order valence-electron chi connectivity index (χ2n) is 1.83. The van der Waals surface area contributed by atoms with Crippen LogP contribution in [0.25, 0.3) is 0 Å². The molecule has 0 heterocycles. The average molecular weight is 135 g/mol. The fraction of sp³-hybridized carbons (Fsp3) is 0.125. The Morgan fingerprint density at radius 2 is 1.90 bits per heavy atom. The molecule has 0 unspecified atom stereocenters. The van der Waals surface area contributed by atoms with Crippen molar-refractivity contribution in [1.29, 1.82) is 0 Å². The van der Waals surface area contributed by atoms with E-state index in [1.165, 1.54) is 0 Å². The molecule has 0 aliphatic rings. The van der Waals surface area contributed by atoms with Crippen LogP contribution in [0.3, 0.4) is 0 Å². The highest BCUT2D eigenvalue weighted by Gasteiger charge is 2.00. The summed E-state index contributed by atoms with van der Waals surface area (Å²) in [5.74, 6) is 0.749. The molecule has 0 amide bonds. The van der Waals surface area contributed by atoms with E-state index in [1.807, 2.05) is 0 Å². The highest BCUT2D eigenvalue weighted by molar-refractivity contribution is 5.75. The van der Waals surface area contributed by atoms with Gasteiger partial charge in [-0.3, -0.25) is 0 Å². The normalized spacial score (nSPS) is 8.50. The van der Waals surface area contributed by atoms with Crippen LogP contribution >= 0.6 is 0 Å². The Morgan fingerprint density at radius 3 is 2.30 bits per heavy atom. The lowest BCUT2D eigenvalue weighted by molar-refractivity contribution is 0.415. The molecule has 1 aromatic rings. The summed E-state index contributed by atoms with van der Waals surface area (Å²) in [6.45, 7) is 0. The van der Waals surface area contributed by atoms with Gasteiger partial charge in [-0.25, -0.2) is 0 Å². The molecule has 0 saturated heterocycles. The van der Waals surface area contributed by atoms with Gasteiger partial charge in [0.15, 0.2) is 0 Å². The van der Waals surface area contributed by atoms with E-state index in [0.717, 1.165) is 5.75 Å². The number of benzene rings is 1. The molecule has 50 valence electrons. The Kier molecular flexibility index (Phi) is 1.98. The van der Waals surface area contributed by atoms with Crippen molar-refractivity contribution in [3.63, 3.8) is 0 Å². The molecule has 2 heteroatoms. The van der Waals surface area contributed by atoms with Crippen LogP contribution in [0.5, 0.6) is 5.75 Å². The molecule has 1 rings (SSSR count). The lowest BCUT2D eigenvalue weighted by Gasteiger charge is -1.91. The van der Waals surface area contributed by atoms with Crippen molar-refractivity contribution >= 4 is 6.29 Å². The first-order valence-corrected chi connectivity index (χ1v) is 2.89. The summed E-state index contributed by atoms with van der Waals surface area (Å²) in [6, 6.07) is 6.76. The maximum Gasteiger partial charge on any atom is 0.303 e. The highest BCUT2D eigenvalue weighted by Crippen LogP contribution is 2.09. The van der Waals surface area contributed by atoms with E-state index in [2.05, 4.69) is 0 Å². The van der Waals surface area contributed by atoms with Gasteiger partial charge in [0.2, 0.25) is 5.56 Å². The Bertz CT molecular complexity index is 213. The zero-order valence-electron chi connectivity index (χ0n) is 5.63. The molecular formula is C8H7O2+. The molecule has 0 spiro atoms. The summed E-state index contributed by atoms with van der Waals surface area (Å²) in [7, 11) is 1.58. The molecule has 2 nitrogen and oxygen atoms in total. The first-order chi connectivity index (χ1) is 4.86. The van der Waals surface area contributed by atoms with Gasteiger partial charge < -0.3 is 4.74 Å². The maximum atomic E-state index is 10.0. The van der Waals surface area contributed by atoms with E-state index >= 15 is 0 Å². The van der Waals surface area contributed by atoms with E-state index in [0.29, 0.717) is 5.56 Å². The SMILES string of the molecule is COc1ccc([C+]=O)cc1. The van der Waals surface area contributed by atoms with Crippen LogP contribution in [0.2, 0.25) is 0 Å². The molecule has 10 heavy (non-hydrogen) atoms. The highest BCUT2D eigenvalue weighted by atomic mass is 16.5. The van der Waals surface area contributed by atoms with Crippen LogP contribution in [-0.2, 0) is 4.79 Å². The molecule has 1 aromatic carbocycles. The summed E-state index contributed by atoms with van der Waals surface area (Å²) in [4.78, 5) is 10.0. The number of rotatable bonds is 2. The van der Waals surface area contributed by atoms with Gasteiger partial charge in [0.25, 0.3) is 0 Å². The van der Waals surface area contributed by atoms with Gasteiger partial charge in [-0.2, -0.15) is 0 Å². The summed E-state index contributed by atoms with van der Waals surface area (Å²) in [5, 5.41) is 0. The Morgan fingerprint density at radius 1 is 1.30 bits per heavy atom. The van der Waals surface area contributed by atoms with Crippen molar-refractivity contribution in [3.8, 4) is 5.75 Å². The number of ether oxygens (including phenoxy) is 1. The Labute approximate surface area is 59.4 Å². The lowest BCUT2D eigenvalue weighted by atomic mass is 10.2. The van der Waals surface area contributed by atoms with Crippen LogP contribution in [0.4, 0.5) is 0 Å². The Balaban J connectivity index is 2.90. The van der Waals surface area contributed by atoms with Crippen LogP contribution in [0.15, 0.2) is 24.3 Å². The predicted molar refractivity (Wildman–Crippen MR) is 37.8 cm³/mol. The van der Waals surface area contributed by atoms with Crippen molar-refractivity contribution in [2.24, 2.45) is 0 Å². The van der Waals surface area contributed by atoms with E-state index in [4.69, 9.17) is 4.74 Å². The smallest absolute Gasteiger partial charge is 0.303 e. The molecule has 0 saturated carbocycles. The second-order valence-corrected chi connectivity index (χ2v) is 1.83. The largest absolute Gasteiger partial charge is 0.494 e. The summed E-state index contributed by atoms with van der Waals surface area (Å²) in [6.07, 6.45) is 1.77. The van der Waals surface area contributed by atoms with Gasteiger partial charge in [0.05, 0.1) is 19.2 Å². The predicted octanol–water partition coefficient (Wildman–Crippen LogP) is 1.15. The molecule has 0 aromatic heterocycles.